The molecule has 8 nitrogen and oxygen atoms in total. The molecular weight excluding hydrogens is 442 g/mol. The van der Waals surface area contributed by atoms with Crippen LogP contribution in [0.4, 0.5) is 0 Å². The van der Waals surface area contributed by atoms with Crippen molar-refractivity contribution in [2.45, 2.75) is 37.9 Å². The van der Waals surface area contributed by atoms with Crippen LogP contribution in [0.5, 0.6) is 0 Å². The van der Waals surface area contributed by atoms with E-state index in [4.69, 9.17) is 9.47 Å². The Morgan fingerprint density at radius 2 is 2.00 bits per heavy atom. The number of aromatic nitrogens is 2. The molecule has 0 radical (unpaired) electrons. The normalized spacial score (nSPS) is 16.0. The summed E-state index contributed by atoms with van der Waals surface area (Å²) in [6, 6.07) is 9.75. The molecule has 1 aliphatic rings. The summed E-state index contributed by atoms with van der Waals surface area (Å²) < 4.78 is 11.9. The lowest BCUT2D eigenvalue weighted by atomic mass is 9.98. The number of piperidine rings is 1. The minimum absolute atomic E-state index is 0.0788. The molecule has 1 aliphatic heterocycles. The minimum atomic E-state index is -0.277. The molecule has 1 amide bonds. The maximum atomic E-state index is 13.1. The maximum absolute atomic E-state index is 13.1. The van der Waals surface area contributed by atoms with Crippen LogP contribution < -0.4 is 5.56 Å². The molecule has 1 aromatic carbocycles. The number of likely N-dealkylation sites (tertiary alicyclic amines) is 1. The molecule has 1 aromatic heterocycles. The van der Waals surface area contributed by atoms with E-state index in [2.05, 4.69) is 4.98 Å². The Morgan fingerprint density at radius 3 is 2.70 bits per heavy atom. The molecular formula is C24H31N3O5S. The Kier molecular flexibility index (Phi) is 9.08. The molecule has 1 unspecified atom stereocenters. The van der Waals surface area contributed by atoms with Crippen molar-refractivity contribution < 1.29 is 19.1 Å². The number of rotatable bonds is 9. The Hall–Kier alpha value is -2.65. The summed E-state index contributed by atoms with van der Waals surface area (Å²) in [5, 5.41) is 0.469. The van der Waals surface area contributed by atoms with Crippen LogP contribution in [0, 0.1) is 5.92 Å². The van der Waals surface area contributed by atoms with Gasteiger partial charge in [0.1, 0.15) is 0 Å². The van der Waals surface area contributed by atoms with Crippen LogP contribution in [0.2, 0.25) is 0 Å². The number of methoxy groups -OCH3 is 1. The van der Waals surface area contributed by atoms with E-state index < -0.39 is 0 Å². The second-order valence-electron chi connectivity index (χ2n) is 8.00. The lowest BCUT2D eigenvalue weighted by Gasteiger charge is -2.31. The van der Waals surface area contributed by atoms with Crippen LogP contribution in [0.25, 0.3) is 0 Å². The van der Waals surface area contributed by atoms with E-state index in [-0.39, 0.29) is 35.7 Å². The largest absolute Gasteiger partial charge is 0.466 e. The van der Waals surface area contributed by atoms with Crippen molar-refractivity contribution >= 4 is 23.6 Å². The smallest absolute Gasteiger partial charge is 0.310 e. The predicted molar refractivity (Wildman–Crippen MR) is 126 cm³/mol. The zero-order valence-electron chi connectivity index (χ0n) is 19.4. The van der Waals surface area contributed by atoms with E-state index in [0.717, 1.165) is 18.4 Å². The van der Waals surface area contributed by atoms with E-state index in [1.807, 2.05) is 30.3 Å². The maximum Gasteiger partial charge on any atom is 0.310 e. The highest BCUT2D eigenvalue weighted by molar-refractivity contribution is 7.99. The zero-order chi connectivity index (χ0) is 23.8. The highest BCUT2D eigenvalue weighted by Gasteiger charge is 2.29. The van der Waals surface area contributed by atoms with E-state index in [0.29, 0.717) is 42.5 Å². The molecule has 0 bridgehead atoms. The van der Waals surface area contributed by atoms with Gasteiger partial charge in [-0.25, -0.2) is 4.98 Å². The standard InChI is InChI=1S/C24H31N3O5S/c1-4-32-23(30)18-11-8-12-27(14-18)21(28)16-33-24-25-20(15-31-3)19(22(29)26(24)2)13-17-9-6-5-7-10-17/h5-7,9-10,18H,4,8,11-16H2,1-3H3. The van der Waals surface area contributed by atoms with E-state index >= 15 is 0 Å². The summed E-state index contributed by atoms with van der Waals surface area (Å²) in [6.45, 7) is 3.32. The molecule has 9 heteroatoms. The van der Waals surface area contributed by atoms with Gasteiger partial charge in [0, 0.05) is 39.2 Å². The van der Waals surface area contributed by atoms with E-state index in [9.17, 15) is 14.4 Å². The number of thioether (sulfide) groups is 1. The van der Waals surface area contributed by atoms with Gasteiger partial charge in [-0.3, -0.25) is 19.0 Å². The van der Waals surface area contributed by atoms with Gasteiger partial charge >= 0.3 is 5.97 Å². The molecule has 2 aromatic rings. The van der Waals surface area contributed by atoms with Crippen LogP contribution in [0.1, 0.15) is 36.6 Å². The number of esters is 1. The van der Waals surface area contributed by atoms with Crippen LogP contribution in [-0.4, -0.2) is 58.9 Å². The summed E-state index contributed by atoms with van der Waals surface area (Å²) in [5.41, 5.74) is 2.05. The molecule has 1 saturated heterocycles. The molecule has 0 saturated carbocycles. The van der Waals surface area contributed by atoms with Gasteiger partial charge in [0.2, 0.25) is 5.91 Å². The van der Waals surface area contributed by atoms with Gasteiger partial charge in [-0.2, -0.15) is 0 Å². The number of carbonyl (C=O) groups is 2. The summed E-state index contributed by atoms with van der Waals surface area (Å²) in [5.74, 6) is -0.462. The van der Waals surface area contributed by atoms with Gasteiger partial charge in [-0.15, -0.1) is 0 Å². The van der Waals surface area contributed by atoms with Crippen molar-refractivity contribution in [2.24, 2.45) is 13.0 Å². The van der Waals surface area contributed by atoms with Gasteiger partial charge in [0.05, 0.1) is 30.6 Å². The first-order chi connectivity index (χ1) is 15.9. The zero-order valence-corrected chi connectivity index (χ0v) is 20.2. The quantitative estimate of drug-likeness (QED) is 0.314. The van der Waals surface area contributed by atoms with Crippen LogP contribution in [-0.2, 0) is 39.1 Å². The number of amides is 1. The highest BCUT2D eigenvalue weighted by atomic mass is 32.2. The van der Waals surface area contributed by atoms with Gasteiger partial charge in [0.15, 0.2) is 5.16 Å². The second-order valence-corrected chi connectivity index (χ2v) is 8.94. The molecule has 1 atom stereocenters. The number of benzene rings is 1. The molecule has 2 heterocycles. The Labute approximate surface area is 198 Å². The Bertz CT molecular complexity index is 1020. The van der Waals surface area contributed by atoms with Gasteiger partial charge in [0.25, 0.3) is 5.56 Å². The number of ether oxygens (including phenoxy) is 2. The third-order valence-corrected chi connectivity index (χ3v) is 6.67. The van der Waals surface area contributed by atoms with Crippen molar-refractivity contribution in [3.63, 3.8) is 0 Å². The topological polar surface area (TPSA) is 90.7 Å². The summed E-state index contributed by atoms with van der Waals surface area (Å²) in [7, 11) is 3.24. The van der Waals surface area contributed by atoms with Crippen molar-refractivity contribution in [1.82, 2.24) is 14.5 Å². The van der Waals surface area contributed by atoms with Gasteiger partial charge < -0.3 is 14.4 Å². The summed E-state index contributed by atoms with van der Waals surface area (Å²) in [6.07, 6.45) is 1.96. The third kappa shape index (κ3) is 6.45. The lowest BCUT2D eigenvalue weighted by molar-refractivity contribution is -0.151. The van der Waals surface area contributed by atoms with Crippen molar-refractivity contribution in [1.29, 1.82) is 0 Å². The monoisotopic (exact) mass is 473 g/mol. The fourth-order valence-electron chi connectivity index (χ4n) is 3.91. The fourth-order valence-corrected chi connectivity index (χ4v) is 4.79. The van der Waals surface area contributed by atoms with Crippen LogP contribution >= 0.6 is 11.8 Å². The molecule has 0 N–H and O–H groups in total. The SMILES string of the molecule is CCOC(=O)C1CCCN(C(=O)CSc2nc(COC)c(Cc3ccccc3)c(=O)n2C)C1. The first-order valence-electron chi connectivity index (χ1n) is 11.1. The lowest BCUT2D eigenvalue weighted by Crippen LogP contribution is -2.43. The highest BCUT2D eigenvalue weighted by Crippen LogP contribution is 2.22. The summed E-state index contributed by atoms with van der Waals surface area (Å²) >= 11 is 1.23. The number of hydrogen-bond acceptors (Lipinski definition) is 7. The molecule has 3 rings (SSSR count). The Morgan fingerprint density at radius 1 is 1.24 bits per heavy atom. The van der Waals surface area contributed by atoms with E-state index in [1.54, 1.807) is 26.0 Å². The minimum Gasteiger partial charge on any atom is -0.466 e. The first kappa shape index (κ1) is 25.0. The van der Waals surface area contributed by atoms with Crippen LogP contribution in [0.15, 0.2) is 40.3 Å². The van der Waals surface area contributed by atoms with Crippen LogP contribution in [0.3, 0.4) is 0 Å². The number of hydrogen-bond donors (Lipinski definition) is 0. The van der Waals surface area contributed by atoms with E-state index in [1.165, 1.54) is 16.3 Å². The van der Waals surface area contributed by atoms with Crippen molar-refractivity contribution in [3.8, 4) is 0 Å². The molecule has 0 spiro atoms. The molecule has 33 heavy (non-hydrogen) atoms. The molecule has 0 aliphatic carbocycles. The molecule has 1 fully saturated rings. The predicted octanol–water partition coefficient (Wildman–Crippen LogP) is 2.41. The fraction of sp³-hybridized carbons (Fsp3) is 0.500. The summed E-state index contributed by atoms with van der Waals surface area (Å²) in [4.78, 5) is 44.4. The average molecular weight is 474 g/mol. The second kappa shape index (κ2) is 12.0. The average Bonchev–Trinajstić information content (AvgIpc) is 2.83. The van der Waals surface area contributed by atoms with Gasteiger partial charge in [-0.05, 0) is 25.3 Å². The van der Waals surface area contributed by atoms with Crippen molar-refractivity contribution in [2.75, 3.05) is 32.6 Å². The number of carbonyl (C=O) groups excluding carboxylic acids is 2. The molecule has 178 valence electrons. The van der Waals surface area contributed by atoms with Gasteiger partial charge in [-0.1, -0.05) is 42.1 Å². The first-order valence-corrected chi connectivity index (χ1v) is 12.1. The Balaban J connectivity index is 1.72. The number of nitrogens with zero attached hydrogens (tertiary/aromatic N) is 3. The van der Waals surface area contributed by atoms with Crippen molar-refractivity contribution in [3.05, 3.63) is 57.5 Å². The third-order valence-electron chi connectivity index (χ3n) is 5.65.